The molecule has 0 aromatic rings. The van der Waals surface area contributed by atoms with Crippen LogP contribution in [0.25, 0.3) is 0 Å². The molecule has 2 aliphatic carbocycles. The second-order valence-corrected chi connectivity index (χ2v) is 13.5. The largest absolute Gasteiger partial charge is 0.494 e. The summed E-state index contributed by atoms with van der Waals surface area (Å²) in [5.74, 6) is 1.34. The molecule has 0 amide bonds. The first-order valence-corrected chi connectivity index (χ1v) is 14.6. The minimum atomic E-state index is -3.80. The van der Waals surface area contributed by atoms with Crippen molar-refractivity contribution in [2.45, 2.75) is 57.3 Å². The topological polar surface area (TPSA) is 89.5 Å². The first-order chi connectivity index (χ1) is 16.1. The average molecular weight is 519 g/mol. The molecule has 2 rings (SSSR count). The summed E-state index contributed by atoms with van der Waals surface area (Å²) < 4.78 is 62.6. The molecule has 34 heavy (non-hydrogen) atoms. The summed E-state index contributed by atoms with van der Waals surface area (Å²) >= 11 is 0. The molecule has 0 aliphatic heterocycles. The van der Waals surface area contributed by atoms with Crippen molar-refractivity contribution in [1.29, 1.82) is 0 Å². The fourth-order valence-corrected chi connectivity index (χ4v) is 10.1. The van der Waals surface area contributed by atoms with Crippen molar-refractivity contribution in [2.24, 2.45) is 5.41 Å². The minimum Gasteiger partial charge on any atom is -0.494 e. The normalized spacial score (nSPS) is 27.1. The summed E-state index contributed by atoms with van der Waals surface area (Å²) in [6, 6.07) is 0. The molecule has 0 fully saturated rings. The summed E-state index contributed by atoms with van der Waals surface area (Å²) in [6.45, 7) is 8.73. The van der Waals surface area contributed by atoms with E-state index in [-0.39, 0.29) is 12.8 Å². The van der Waals surface area contributed by atoms with Crippen LogP contribution in [0.15, 0.2) is 48.0 Å². The van der Waals surface area contributed by atoms with Crippen LogP contribution in [0.4, 0.5) is 0 Å². The van der Waals surface area contributed by atoms with Gasteiger partial charge in [-0.2, -0.15) is 0 Å². The van der Waals surface area contributed by atoms with E-state index in [1.807, 2.05) is 52.0 Å². The van der Waals surface area contributed by atoms with Gasteiger partial charge in [0.15, 0.2) is 0 Å². The van der Waals surface area contributed by atoms with E-state index in [1.54, 1.807) is 12.2 Å². The molecule has 0 saturated carbocycles. The van der Waals surface area contributed by atoms with Crippen LogP contribution in [-0.2, 0) is 36.7 Å². The van der Waals surface area contributed by atoms with E-state index in [9.17, 15) is 9.13 Å². The van der Waals surface area contributed by atoms with Crippen molar-refractivity contribution in [1.82, 2.24) is 0 Å². The number of ether oxygens (including phenoxy) is 2. The van der Waals surface area contributed by atoms with Crippen molar-refractivity contribution in [2.75, 3.05) is 41.7 Å². The third kappa shape index (κ3) is 4.31. The number of rotatable bonds is 13. The lowest BCUT2D eigenvalue weighted by Gasteiger charge is -2.58. The van der Waals surface area contributed by atoms with Gasteiger partial charge in [-0.3, -0.25) is 9.13 Å². The van der Waals surface area contributed by atoms with Crippen LogP contribution in [-0.4, -0.2) is 52.0 Å². The Bertz CT molecular complexity index is 851. The molecule has 8 nitrogen and oxygen atoms in total. The highest BCUT2D eigenvalue weighted by Crippen LogP contribution is 2.79. The van der Waals surface area contributed by atoms with Gasteiger partial charge in [-0.05, 0) is 57.4 Å². The maximum atomic E-state index is 14.4. The number of hydrogen-bond donors (Lipinski definition) is 0. The van der Waals surface area contributed by atoms with Gasteiger partial charge in [0.1, 0.15) is 21.8 Å². The maximum Gasteiger partial charge on any atom is 0.340 e. The summed E-state index contributed by atoms with van der Waals surface area (Å²) in [6.07, 6.45) is 12.0. The zero-order valence-corrected chi connectivity index (χ0v) is 23.4. The SMILES string of the molecule is CCOC1=CCC(C(C)(CC)C2(P(=O)(OC)OC)C=CC(OCC)=CC2)(P(=O)(OC)OC)C=C1. The average Bonchev–Trinajstić information content (AvgIpc) is 2.88. The van der Waals surface area contributed by atoms with Crippen molar-refractivity contribution >= 4 is 15.2 Å². The Balaban J connectivity index is 2.88. The molecular formula is C24H40O8P2. The highest BCUT2D eigenvalue weighted by atomic mass is 31.2. The minimum absolute atomic E-state index is 0.285. The molecule has 0 aromatic carbocycles. The zero-order chi connectivity index (χ0) is 25.7. The summed E-state index contributed by atoms with van der Waals surface area (Å²) in [4.78, 5) is 0. The Kier molecular flexibility index (Phi) is 9.65. The fraction of sp³-hybridized carbons (Fsp3) is 0.667. The van der Waals surface area contributed by atoms with Gasteiger partial charge in [0, 0.05) is 33.9 Å². The third-order valence-electron chi connectivity index (χ3n) is 7.45. The number of hydrogen-bond acceptors (Lipinski definition) is 8. The Morgan fingerprint density at radius 3 is 1.32 bits per heavy atom. The van der Waals surface area contributed by atoms with Crippen LogP contribution in [0.5, 0.6) is 0 Å². The second kappa shape index (κ2) is 11.3. The molecule has 0 N–H and O–H groups in total. The molecule has 0 aromatic heterocycles. The standard InChI is InChI=1S/C24H40O8P2/c1-9-22(4,23(33(25,27-5)28-6)16-12-20(13-17-23)31-10-2)24(34(26,29-7)30-8)18-14-21(15-19-24)32-11-3/h12-16,18H,9-11,17,19H2,1-8H3. The highest BCUT2D eigenvalue weighted by molar-refractivity contribution is 7.57. The van der Waals surface area contributed by atoms with E-state index in [1.165, 1.54) is 28.4 Å². The molecule has 2 unspecified atom stereocenters. The maximum absolute atomic E-state index is 14.4. The number of allylic oxidation sites excluding steroid dienone is 6. The fourth-order valence-electron chi connectivity index (χ4n) is 5.39. The van der Waals surface area contributed by atoms with Crippen molar-refractivity contribution in [3.8, 4) is 0 Å². The van der Waals surface area contributed by atoms with Crippen LogP contribution in [0.2, 0.25) is 0 Å². The van der Waals surface area contributed by atoms with Crippen LogP contribution >= 0.6 is 15.2 Å². The quantitative estimate of drug-likeness (QED) is 0.252. The van der Waals surface area contributed by atoms with Crippen molar-refractivity contribution in [3.63, 3.8) is 0 Å². The zero-order valence-electron chi connectivity index (χ0n) is 21.7. The second-order valence-electron chi connectivity index (χ2n) is 8.41. The summed E-state index contributed by atoms with van der Waals surface area (Å²) in [5.41, 5.74) is -0.988. The van der Waals surface area contributed by atoms with E-state index < -0.39 is 30.9 Å². The molecule has 2 atom stereocenters. The molecule has 10 heteroatoms. The Morgan fingerprint density at radius 2 is 1.12 bits per heavy atom. The smallest absolute Gasteiger partial charge is 0.340 e. The predicted octanol–water partition coefficient (Wildman–Crippen LogP) is 6.61. The van der Waals surface area contributed by atoms with Gasteiger partial charge in [-0.15, -0.1) is 0 Å². The van der Waals surface area contributed by atoms with E-state index in [0.717, 1.165) is 0 Å². The van der Waals surface area contributed by atoms with Crippen molar-refractivity contribution < 1.29 is 36.7 Å². The molecule has 0 bridgehead atoms. The van der Waals surface area contributed by atoms with Crippen LogP contribution in [0.3, 0.4) is 0 Å². The van der Waals surface area contributed by atoms with Gasteiger partial charge in [0.25, 0.3) is 0 Å². The molecule has 0 saturated heterocycles. The summed E-state index contributed by atoms with van der Waals surface area (Å²) in [7, 11) is -2.11. The van der Waals surface area contributed by atoms with Crippen LogP contribution < -0.4 is 0 Å². The molecule has 2 aliphatic rings. The van der Waals surface area contributed by atoms with Gasteiger partial charge >= 0.3 is 15.2 Å². The van der Waals surface area contributed by atoms with E-state index in [2.05, 4.69) is 0 Å². The molecule has 0 spiro atoms. The van der Waals surface area contributed by atoms with Gasteiger partial charge in [0.2, 0.25) is 0 Å². The first-order valence-electron chi connectivity index (χ1n) is 11.6. The van der Waals surface area contributed by atoms with Crippen molar-refractivity contribution in [3.05, 3.63) is 48.0 Å². The van der Waals surface area contributed by atoms with Gasteiger partial charge < -0.3 is 27.6 Å². The first kappa shape index (κ1) is 29.1. The van der Waals surface area contributed by atoms with Gasteiger partial charge in [-0.25, -0.2) is 0 Å². The lowest BCUT2D eigenvalue weighted by molar-refractivity contribution is 0.111. The van der Waals surface area contributed by atoms with E-state index in [0.29, 0.717) is 31.2 Å². The lowest BCUT2D eigenvalue weighted by atomic mass is 9.61. The van der Waals surface area contributed by atoms with Gasteiger partial charge in [0.05, 0.1) is 13.2 Å². The Labute approximate surface area is 204 Å². The Morgan fingerprint density at radius 1 is 0.765 bits per heavy atom. The molecular weight excluding hydrogens is 478 g/mol. The summed E-state index contributed by atoms with van der Waals surface area (Å²) in [5, 5.41) is -2.40. The molecule has 0 heterocycles. The van der Waals surface area contributed by atoms with E-state index >= 15 is 0 Å². The van der Waals surface area contributed by atoms with Crippen LogP contribution in [0, 0.1) is 5.41 Å². The highest BCUT2D eigenvalue weighted by Gasteiger charge is 2.71. The molecule has 0 radical (unpaired) electrons. The predicted molar refractivity (Wildman–Crippen MR) is 134 cm³/mol. The lowest BCUT2D eigenvalue weighted by Crippen LogP contribution is -2.59. The van der Waals surface area contributed by atoms with Gasteiger partial charge in [-0.1, -0.05) is 26.0 Å². The van der Waals surface area contributed by atoms with Crippen LogP contribution in [0.1, 0.15) is 47.0 Å². The van der Waals surface area contributed by atoms with E-state index in [4.69, 9.17) is 27.6 Å². The Hall–Kier alpha value is -1.14. The third-order valence-corrected chi connectivity index (χ3v) is 13.0. The monoisotopic (exact) mass is 518 g/mol. The molecule has 194 valence electrons.